The number of nitrogens with one attached hydrogen (secondary N) is 3. The molecule has 2 atom stereocenters. The van der Waals surface area contributed by atoms with Crippen LogP contribution in [0.4, 0.5) is 0 Å². The highest BCUT2D eigenvalue weighted by molar-refractivity contribution is 5.76. The van der Waals surface area contributed by atoms with Gasteiger partial charge < -0.3 is 4.98 Å². The first kappa shape index (κ1) is 14.9. The highest BCUT2D eigenvalue weighted by Gasteiger charge is 2.32. The van der Waals surface area contributed by atoms with E-state index in [1.165, 1.54) is 16.7 Å². The zero-order chi connectivity index (χ0) is 16.7. The molecule has 1 aromatic heterocycles. The molecule has 2 heterocycles. The number of hydrogen-bond donors (Lipinski definition) is 3. The van der Waals surface area contributed by atoms with Crippen molar-refractivity contribution in [1.82, 2.24) is 20.8 Å². The minimum absolute atomic E-state index is 0.167. The van der Waals surface area contributed by atoms with E-state index in [1.54, 1.807) is 6.07 Å². The predicted molar refractivity (Wildman–Crippen MR) is 93.3 cm³/mol. The summed E-state index contributed by atoms with van der Waals surface area (Å²) in [5.41, 5.74) is 12.9. The number of imidazole rings is 1. The maximum absolute atomic E-state index is 9.05. The third-order valence-electron chi connectivity index (χ3n) is 4.85. The number of hydrogen-bond acceptors (Lipinski definition) is 4. The Kier molecular flexibility index (Phi) is 3.57. The normalized spacial score (nSPS) is 20.4. The monoisotopic (exact) mass is 317 g/mol. The largest absolute Gasteiger partial charge is 0.342 e. The van der Waals surface area contributed by atoms with Gasteiger partial charge in [-0.2, -0.15) is 5.26 Å². The number of rotatable bonds is 2. The molecule has 1 aliphatic heterocycles. The predicted octanol–water partition coefficient (Wildman–Crippen LogP) is 2.98. The lowest BCUT2D eigenvalue weighted by Gasteiger charge is -2.18. The second-order valence-electron chi connectivity index (χ2n) is 6.42. The van der Waals surface area contributed by atoms with Gasteiger partial charge in [-0.15, -0.1) is 0 Å². The molecule has 1 fully saturated rings. The Balaban J connectivity index is 1.72. The smallest absolute Gasteiger partial charge is 0.113 e. The topological polar surface area (TPSA) is 76.5 Å². The summed E-state index contributed by atoms with van der Waals surface area (Å²) in [5, 5.41) is 9.05. The van der Waals surface area contributed by atoms with Crippen molar-refractivity contribution in [2.75, 3.05) is 6.54 Å². The van der Waals surface area contributed by atoms with E-state index in [9.17, 15) is 0 Å². The summed E-state index contributed by atoms with van der Waals surface area (Å²) in [5.74, 6) is 1.16. The third kappa shape index (κ3) is 2.46. The van der Waals surface area contributed by atoms with E-state index in [-0.39, 0.29) is 12.0 Å². The number of benzene rings is 2. The lowest BCUT2D eigenvalue weighted by atomic mass is 9.92. The number of nitriles is 1. The number of H-pyrrole nitrogens is 1. The van der Waals surface area contributed by atoms with Crippen LogP contribution in [0.3, 0.4) is 0 Å². The number of fused-ring (bicyclic) bond motifs is 1. The summed E-state index contributed by atoms with van der Waals surface area (Å²) in [6.45, 7) is 5.08. The van der Waals surface area contributed by atoms with E-state index >= 15 is 0 Å². The van der Waals surface area contributed by atoms with Crippen LogP contribution in [0.1, 0.15) is 40.0 Å². The summed E-state index contributed by atoms with van der Waals surface area (Å²) in [4.78, 5) is 8.14. The molecular formula is C19H19N5. The molecule has 2 unspecified atom stereocenters. The summed E-state index contributed by atoms with van der Waals surface area (Å²) in [6, 6.07) is 14.5. The van der Waals surface area contributed by atoms with E-state index in [4.69, 9.17) is 10.2 Å². The third-order valence-corrected chi connectivity index (χ3v) is 4.85. The van der Waals surface area contributed by atoms with E-state index in [2.05, 4.69) is 54.0 Å². The Morgan fingerprint density at radius 2 is 2.00 bits per heavy atom. The number of aromatic amines is 1. The van der Waals surface area contributed by atoms with Crippen LogP contribution in [-0.4, -0.2) is 16.5 Å². The Hall–Kier alpha value is -2.68. The Labute approximate surface area is 140 Å². The summed E-state index contributed by atoms with van der Waals surface area (Å²) >= 11 is 0. The number of aromatic nitrogens is 2. The molecule has 24 heavy (non-hydrogen) atoms. The van der Waals surface area contributed by atoms with E-state index < -0.39 is 0 Å². The lowest BCUT2D eigenvalue weighted by Crippen LogP contribution is -2.25. The van der Waals surface area contributed by atoms with Crippen molar-refractivity contribution in [3.05, 3.63) is 64.5 Å². The Bertz CT molecular complexity index is 950. The zero-order valence-corrected chi connectivity index (χ0v) is 13.7. The standard InChI is InChI=1S/C19H19N5/c1-11-3-5-14(7-12(11)2)18-15(10-21-24-18)19-22-16-6-4-13(9-20)8-17(16)23-19/h3-8,15,18,21,24H,10H2,1-2H3,(H,22,23). The molecule has 120 valence electrons. The Morgan fingerprint density at radius 1 is 1.12 bits per heavy atom. The van der Waals surface area contributed by atoms with Gasteiger partial charge in [0.05, 0.1) is 34.6 Å². The molecule has 2 aromatic carbocycles. The molecule has 0 saturated carbocycles. The highest BCUT2D eigenvalue weighted by Crippen LogP contribution is 2.33. The first-order chi connectivity index (χ1) is 11.7. The summed E-state index contributed by atoms with van der Waals surface area (Å²) in [7, 11) is 0. The molecule has 5 nitrogen and oxygen atoms in total. The van der Waals surface area contributed by atoms with Crippen LogP contribution in [0.25, 0.3) is 11.0 Å². The summed E-state index contributed by atoms with van der Waals surface area (Å²) in [6.07, 6.45) is 0. The van der Waals surface area contributed by atoms with Crippen molar-refractivity contribution in [3.8, 4) is 6.07 Å². The first-order valence-electron chi connectivity index (χ1n) is 8.11. The fourth-order valence-electron chi connectivity index (χ4n) is 3.30. The number of hydrazine groups is 1. The quantitative estimate of drug-likeness (QED) is 0.679. The molecule has 3 N–H and O–H groups in total. The molecule has 0 spiro atoms. The van der Waals surface area contributed by atoms with Crippen LogP contribution in [-0.2, 0) is 0 Å². The maximum Gasteiger partial charge on any atom is 0.113 e. The van der Waals surface area contributed by atoms with Crippen molar-refractivity contribution < 1.29 is 0 Å². The van der Waals surface area contributed by atoms with Gasteiger partial charge in [-0.3, -0.25) is 5.43 Å². The van der Waals surface area contributed by atoms with Crippen LogP contribution >= 0.6 is 0 Å². The average Bonchev–Trinajstić information content (AvgIpc) is 3.22. The van der Waals surface area contributed by atoms with E-state index in [0.29, 0.717) is 5.56 Å². The molecule has 0 bridgehead atoms. The van der Waals surface area contributed by atoms with Crippen LogP contribution in [0.2, 0.25) is 0 Å². The molecule has 0 aliphatic carbocycles. The molecule has 0 radical (unpaired) electrons. The average molecular weight is 317 g/mol. The SMILES string of the molecule is Cc1ccc(C2NNCC2c2nc3ccc(C#N)cc3[nH]2)cc1C. The molecule has 4 rings (SSSR count). The summed E-state index contributed by atoms with van der Waals surface area (Å²) < 4.78 is 0. The van der Waals surface area contributed by atoms with Gasteiger partial charge in [-0.1, -0.05) is 18.2 Å². The van der Waals surface area contributed by atoms with Gasteiger partial charge >= 0.3 is 0 Å². The lowest BCUT2D eigenvalue weighted by molar-refractivity contribution is 0.544. The minimum atomic E-state index is 0.167. The van der Waals surface area contributed by atoms with Gasteiger partial charge in [0.25, 0.3) is 0 Å². The van der Waals surface area contributed by atoms with Gasteiger partial charge in [0.1, 0.15) is 5.82 Å². The van der Waals surface area contributed by atoms with Gasteiger partial charge in [0, 0.05) is 6.54 Å². The molecule has 1 saturated heterocycles. The molecule has 0 amide bonds. The minimum Gasteiger partial charge on any atom is -0.342 e. The molecule has 3 aromatic rings. The zero-order valence-electron chi connectivity index (χ0n) is 13.7. The fraction of sp³-hybridized carbons (Fsp3) is 0.263. The van der Waals surface area contributed by atoms with Crippen molar-refractivity contribution >= 4 is 11.0 Å². The number of aryl methyl sites for hydroxylation is 2. The van der Waals surface area contributed by atoms with Crippen molar-refractivity contribution in [1.29, 1.82) is 5.26 Å². The first-order valence-corrected chi connectivity index (χ1v) is 8.11. The molecule has 1 aliphatic rings. The van der Waals surface area contributed by atoms with Crippen LogP contribution in [0.5, 0.6) is 0 Å². The van der Waals surface area contributed by atoms with Crippen LogP contribution < -0.4 is 10.9 Å². The van der Waals surface area contributed by atoms with E-state index in [0.717, 1.165) is 23.4 Å². The Morgan fingerprint density at radius 3 is 2.79 bits per heavy atom. The van der Waals surface area contributed by atoms with Crippen molar-refractivity contribution in [2.45, 2.75) is 25.8 Å². The van der Waals surface area contributed by atoms with Gasteiger partial charge in [-0.25, -0.2) is 10.4 Å². The number of nitrogens with zero attached hydrogens (tertiary/aromatic N) is 2. The van der Waals surface area contributed by atoms with Gasteiger partial charge in [-0.05, 0) is 48.7 Å². The van der Waals surface area contributed by atoms with E-state index in [1.807, 2.05) is 12.1 Å². The molecular weight excluding hydrogens is 298 g/mol. The molecule has 5 heteroatoms. The van der Waals surface area contributed by atoms with Crippen molar-refractivity contribution in [3.63, 3.8) is 0 Å². The second kappa shape index (κ2) is 5.75. The van der Waals surface area contributed by atoms with Crippen LogP contribution in [0.15, 0.2) is 36.4 Å². The van der Waals surface area contributed by atoms with Gasteiger partial charge in [0.15, 0.2) is 0 Å². The van der Waals surface area contributed by atoms with Crippen molar-refractivity contribution in [2.24, 2.45) is 0 Å². The van der Waals surface area contributed by atoms with Gasteiger partial charge in [0.2, 0.25) is 0 Å². The highest BCUT2D eigenvalue weighted by atomic mass is 15.4. The maximum atomic E-state index is 9.05. The second-order valence-corrected chi connectivity index (χ2v) is 6.42. The fourth-order valence-corrected chi connectivity index (χ4v) is 3.30. The van der Waals surface area contributed by atoms with Crippen LogP contribution in [0, 0.1) is 25.2 Å².